The lowest BCUT2D eigenvalue weighted by Crippen LogP contribution is -2.35. The molecule has 0 fully saturated rings. The first-order valence-electron chi connectivity index (χ1n) is 11.3. The van der Waals surface area contributed by atoms with Gasteiger partial charge in [0.15, 0.2) is 23.0 Å². The molecule has 0 bridgehead atoms. The van der Waals surface area contributed by atoms with E-state index in [4.69, 9.17) is 18.9 Å². The third-order valence-corrected chi connectivity index (χ3v) is 8.62. The van der Waals surface area contributed by atoms with Crippen LogP contribution in [0.1, 0.15) is 74.9 Å². The summed E-state index contributed by atoms with van der Waals surface area (Å²) in [5.41, 5.74) is 0. The molecule has 2 aliphatic rings. The van der Waals surface area contributed by atoms with E-state index in [1.165, 1.54) is 19.5 Å². The van der Waals surface area contributed by atoms with Crippen LogP contribution in [-0.4, -0.2) is 24.4 Å². The average molecular weight is 453 g/mol. The topological polar surface area (TPSA) is 36.9 Å². The first-order chi connectivity index (χ1) is 14.3. The van der Waals surface area contributed by atoms with Crippen molar-refractivity contribution in [1.82, 2.24) is 0 Å². The maximum Gasteiger partial charge on any atom is 0.175 e. The first kappa shape index (κ1) is 23.3. The van der Waals surface area contributed by atoms with E-state index in [1.54, 1.807) is 0 Å². The second-order valence-corrected chi connectivity index (χ2v) is 10.3. The molecule has 0 aliphatic carbocycles. The van der Waals surface area contributed by atoms with Crippen molar-refractivity contribution in [3.63, 3.8) is 0 Å². The largest absolute Gasteiger partial charge is 0.482 e. The molecule has 0 spiro atoms. The standard InChI is InChI=1S/2C12H18O2S/c2*1-5-9-11-12(10(6-2)15-9)14-8(4)7(3)13-11/h2*7-8H,5-6H2,1-4H3. The highest BCUT2D eigenvalue weighted by Gasteiger charge is 2.31. The normalized spacial score (nSPS) is 24.3. The van der Waals surface area contributed by atoms with Gasteiger partial charge >= 0.3 is 0 Å². The molecule has 0 amide bonds. The van der Waals surface area contributed by atoms with Crippen LogP contribution < -0.4 is 18.9 Å². The van der Waals surface area contributed by atoms with Crippen molar-refractivity contribution in [1.29, 1.82) is 0 Å². The van der Waals surface area contributed by atoms with Crippen molar-refractivity contribution in [2.24, 2.45) is 0 Å². The van der Waals surface area contributed by atoms with Gasteiger partial charge in [-0.25, -0.2) is 0 Å². The predicted octanol–water partition coefficient (Wildman–Crippen LogP) is 6.84. The zero-order valence-electron chi connectivity index (χ0n) is 19.6. The molecule has 0 saturated carbocycles. The van der Waals surface area contributed by atoms with Gasteiger partial charge in [-0.15, -0.1) is 22.7 Å². The molecule has 2 aromatic rings. The van der Waals surface area contributed by atoms with Crippen LogP contribution in [-0.2, 0) is 25.7 Å². The molecule has 0 saturated heterocycles. The predicted molar refractivity (Wildman–Crippen MR) is 127 cm³/mol. The van der Waals surface area contributed by atoms with Gasteiger partial charge in [-0.05, 0) is 53.4 Å². The Morgan fingerprint density at radius 1 is 0.467 bits per heavy atom. The monoisotopic (exact) mass is 452 g/mol. The fourth-order valence-electron chi connectivity index (χ4n) is 3.52. The van der Waals surface area contributed by atoms with E-state index in [-0.39, 0.29) is 24.4 Å². The van der Waals surface area contributed by atoms with Crippen molar-refractivity contribution in [2.45, 2.75) is 105 Å². The Labute approximate surface area is 189 Å². The molecule has 0 N–H and O–H groups in total. The minimum atomic E-state index is 0.155. The molecule has 4 atom stereocenters. The Kier molecular flexibility index (Phi) is 7.61. The lowest BCUT2D eigenvalue weighted by Gasteiger charge is -2.29. The van der Waals surface area contributed by atoms with Crippen molar-refractivity contribution in [3.05, 3.63) is 19.5 Å². The minimum absolute atomic E-state index is 0.155. The van der Waals surface area contributed by atoms with E-state index in [1.807, 2.05) is 22.7 Å². The van der Waals surface area contributed by atoms with Crippen LogP contribution in [0.2, 0.25) is 0 Å². The molecule has 4 rings (SSSR count). The number of hydrogen-bond acceptors (Lipinski definition) is 6. The summed E-state index contributed by atoms with van der Waals surface area (Å²) >= 11 is 3.66. The third-order valence-electron chi connectivity index (χ3n) is 5.74. The fourth-order valence-corrected chi connectivity index (χ4v) is 5.63. The highest BCUT2D eigenvalue weighted by Crippen LogP contribution is 2.47. The van der Waals surface area contributed by atoms with Gasteiger partial charge < -0.3 is 18.9 Å². The number of ether oxygens (including phenoxy) is 4. The van der Waals surface area contributed by atoms with E-state index in [9.17, 15) is 0 Å². The summed E-state index contributed by atoms with van der Waals surface area (Å²) in [4.78, 5) is 5.28. The van der Waals surface area contributed by atoms with Crippen LogP contribution in [0.4, 0.5) is 0 Å². The second-order valence-electron chi connectivity index (χ2n) is 7.92. The third kappa shape index (κ3) is 4.45. The number of aryl methyl sites for hydroxylation is 4. The van der Waals surface area contributed by atoms with Gasteiger partial charge in [-0.2, -0.15) is 0 Å². The van der Waals surface area contributed by atoms with Gasteiger partial charge in [-0.3, -0.25) is 0 Å². The Balaban J connectivity index is 0.000000171. The number of fused-ring (bicyclic) bond motifs is 2. The molecule has 2 aromatic heterocycles. The Morgan fingerprint density at radius 3 is 0.833 bits per heavy atom. The van der Waals surface area contributed by atoms with Gasteiger partial charge in [0.2, 0.25) is 0 Å². The molecule has 30 heavy (non-hydrogen) atoms. The van der Waals surface area contributed by atoms with Crippen molar-refractivity contribution < 1.29 is 18.9 Å². The Hall–Kier alpha value is -1.40. The lowest BCUT2D eigenvalue weighted by atomic mass is 10.2. The molecule has 6 heteroatoms. The van der Waals surface area contributed by atoms with E-state index in [0.29, 0.717) is 0 Å². The second kappa shape index (κ2) is 9.82. The summed E-state index contributed by atoms with van der Waals surface area (Å²) in [7, 11) is 0. The fraction of sp³-hybridized carbons (Fsp3) is 0.667. The summed E-state index contributed by atoms with van der Waals surface area (Å²) < 4.78 is 23.7. The highest BCUT2D eigenvalue weighted by molar-refractivity contribution is 7.13. The summed E-state index contributed by atoms with van der Waals surface area (Å²) in [5.74, 6) is 4.02. The van der Waals surface area contributed by atoms with E-state index < -0.39 is 0 Å². The molecule has 0 radical (unpaired) electrons. The Bertz CT molecular complexity index is 719. The van der Waals surface area contributed by atoms with Gasteiger partial charge in [0, 0.05) is 0 Å². The highest BCUT2D eigenvalue weighted by atomic mass is 32.1. The lowest BCUT2D eigenvalue weighted by molar-refractivity contribution is 0.0426. The molecule has 4 unspecified atom stereocenters. The molecule has 2 aliphatic heterocycles. The molecular formula is C24H36O4S2. The van der Waals surface area contributed by atoms with Crippen LogP contribution in [0.15, 0.2) is 0 Å². The van der Waals surface area contributed by atoms with Crippen LogP contribution in [0.3, 0.4) is 0 Å². The van der Waals surface area contributed by atoms with Gasteiger partial charge in [0.25, 0.3) is 0 Å². The van der Waals surface area contributed by atoms with Crippen LogP contribution >= 0.6 is 22.7 Å². The van der Waals surface area contributed by atoms with Crippen LogP contribution in [0.25, 0.3) is 0 Å². The van der Waals surface area contributed by atoms with Crippen molar-refractivity contribution in [3.8, 4) is 23.0 Å². The summed E-state index contributed by atoms with van der Waals surface area (Å²) in [6.07, 6.45) is 4.72. The number of hydrogen-bond donors (Lipinski definition) is 0. The first-order valence-corrected chi connectivity index (χ1v) is 12.9. The van der Waals surface area contributed by atoms with Gasteiger partial charge in [0.1, 0.15) is 24.4 Å². The number of rotatable bonds is 4. The van der Waals surface area contributed by atoms with E-state index >= 15 is 0 Å². The Morgan fingerprint density at radius 2 is 0.667 bits per heavy atom. The molecule has 0 aromatic carbocycles. The minimum Gasteiger partial charge on any atom is -0.482 e. The zero-order valence-corrected chi connectivity index (χ0v) is 21.2. The maximum absolute atomic E-state index is 5.93. The van der Waals surface area contributed by atoms with Gasteiger partial charge in [0.05, 0.1) is 19.5 Å². The summed E-state index contributed by atoms with van der Waals surface area (Å²) in [6.45, 7) is 16.9. The molecule has 168 valence electrons. The maximum atomic E-state index is 5.93. The summed E-state index contributed by atoms with van der Waals surface area (Å²) in [6, 6.07) is 0. The average Bonchev–Trinajstić information content (AvgIpc) is 3.26. The number of thiophene rings is 2. The van der Waals surface area contributed by atoms with Crippen LogP contribution in [0, 0.1) is 0 Å². The molecule has 4 heterocycles. The van der Waals surface area contributed by atoms with Crippen molar-refractivity contribution in [2.75, 3.05) is 0 Å². The van der Waals surface area contributed by atoms with Gasteiger partial charge in [-0.1, -0.05) is 27.7 Å². The molecule has 4 nitrogen and oxygen atoms in total. The van der Waals surface area contributed by atoms with Crippen LogP contribution in [0.5, 0.6) is 23.0 Å². The summed E-state index contributed by atoms with van der Waals surface area (Å²) in [5, 5.41) is 0. The SMILES string of the molecule is CCc1sc(CC)c2c1OC(C)C(C)O2.CCc1sc(CC)c2c1OC(C)C(C)O2. The van der Waals surface area contributed by atoms with Crippen molar-refractivity contribution >= 4 is 22.7 Å². The quantitative estimate of drug-likeness (QED) is 0.509. The smallest absolute Gasteiger partial charge is 0.175 e. The zero-order chi connectivity index (χ0) is 22.0. The van der Waals surface area contributed by atoms with E-state index in [0.717, 1.165) is 48.7 Å². The molecular weight excluding hydrogens is 416 g/mol. The van der Waals surface area contributed by atoms with E-state index in [2.05, 4.69) is 55.4 Å².